The van der Waals surface area contributed by atoms with Crippen LogP contribution in [0.4, 0.5) is 0 Å². The van der Waals surface area contributed by atoms with Gasteiger partial charge in [0.05, 0.1) is 5.88 Å². The van der Waals surface area contributed by atoms with Gasteiger partial charge in [0.15, 0.2) is 0 Å². The minimum atomic E-state index is -3.51. The van der Waals surface area contributed by atoms with Gasteiger partial charge in [0.1, 0.15) is 5.76 Å². The molecule has 0 bridgehead atoms. The van der Waals surface area contributed by atoms with Gasteiger partial charge in [0.2, 0.25) is 5.09 Å². The second-order valence-corrected chi connectivity index (χ2v) is 7.00. The number of nitrogens with zero attached hydrogens (tertiary/aromatic N) is 1. The van der Waals surface area contributed by atoms with Gasteiger partial charge >= 0.3 is 0 Å². The van der Waals surface area contributed by atoms with Gasteiger partial charge in [-0.05, 0) is 31.4 Å². The van der Waals surface area contributed by atoms with E-state index in [1.54, 1.807) is 10.4 Å². The van der Waals surface area contributed by atoms with Crippen molar-refractivity contribution < 1.29 is 12.8 Å². The smallest absolute Gasteiger partial charge is 0.276 e. The van der Waals surface area contributed by atoms with Crippen LogP contribution in [0.3, 0.4) is 0 Å². The lowest BCUT2D eigenvalue weighted by Gasteiger charge is -2.33. The molecule has 2 rings (SSSR count). The lowest BCUT2D eigenvalue weighted by molar-refractivity contribution is 0.234. The third-order valence-corrected chi connectivity index (χ3v) is 5.62. The van der Waals surface area contributed by atoms with E-state index in [2.05, 4.69) is 6.92 Å². The molecule has 0 saturated carbocycles. The summed E-state index contributed by atoms with van der Waals surface area (Å²) in [5.41, 5.74) is 0. The SMILES string of the molecule is CCCC1CCCCN1S(=O)(=O)c1ccc(CCl)o1. The number of hydrogen-bond donors (Lipinski definition) is 0. The molecular weight excluding hydrogens is 286 g/mol. The van der Waals surface area contributed by atoms with E-state index in [-0.39, 0.29) is 17.0 Å². The van der Waals surface area contributed by atoms with Crippen molar-refractivity contribution in [2.24, 2.45) is 0 Å². The van der Waals surface area contributed by atoms with Crippen molar-refractivity contribution >= 4 is 21.6 Å². The summed E-state index contributed by atoms with van der Waals surface area (Å²) >= 11 is 5.65. The highest BCUT2D eigenvalue weighted by Gasteiger charge is 2.34. The number of hydrogen-bond acceptors (Lipinski definition) is 3. The molecule has 2 heterocycles. The molecule has 0 aromatic carbocycles. The van der Waals surface area contributed by atoms with Gasteiger partial charge in [-0.3, -0.25) is 0 Å². The Morgan fingerprint density at radius 1 is 1.42 bits per heavy atom. The van der Waals surface area contributed by atoms with E-state index in [1.807, 2.05) is 0 Å². The predicted molar refractivity (Wildman–Crippen MR) is 74.7 cm³/mol. The van der Waals surface area contributed by atoms with Gasteiger partial charge in [-0.15, -0.1) is 11.6 Å². The highest BCUT2D eigenvalue weighted by molar-refractivity contribution is 7.89. The Labute approximate surface area is 119 Å². The number of sulfonamides is 1. The molecule has 4 nitrogen and oxygen atoms in total. The Hall–Kier alpha value is -0.520. The zero-order valence-corrected chi connectivity index (χ0v) is 12.7. The van der Waals surface area contributed by atoms with Crippen LogP contribution < -0.4 is 0 Å². The molecule has 108 valence electrons. The van der Waals surface area contributed by atoms with Crippen molar-refractivity contribution in [2.75, 3.05) is 6.54 Å². The molecule has 1 aromatic heterocycles. The standard InChI is InChI=1S/C13H20ClNO3S/c1-2-5-11-6-3-4-9-15(11)19(16,17)13-8-7-12(10-14)18-13/h7-8,11H,2-6,9-10H2,1H3. The van der Waals surface area contributed by atoms with Crippen molar-refractivity contribution in [3.63, 3.8) is 0 Å². The van der Waals surface area contributed by atoms with Gasteiger partial charge < -0.3 is 4.42 Å². The van der Waals surface area contributed by atoms with Crippen molar-refractivity contribution in [3.8, 4) is 0 Å². The molecular formula is C13H20ClNO3S. The van der Waals surface area contributed by atoms with Gasteiger partial charge in [-0.1, -0.05) is 19.8 Å². The first-order valence-electron chi connectivity index (χ1n) is 6.76. The van der Waals surface area contributed by atoms with Crippen molar-refractivity contribution in [2.45, 2.75) is 56.0 Å². The van der Waals surface area contributed by atoms with E-state index in [4.69, 9.17) is 16.0 Å². The van der Waals surface area contributed by atoms with Gasteiger partial charge in [-0.25, -0.2) is 8.42 Å². The van der Waals surface area contributed by atoms with E-state index >= 15 is 0 Å². The summed E-state index contributed by atoms with van der Waals surface area (Å²) in [5.74, 6) is 0.678. The Balaban J connectivity index is 2.25. The molecule has 1 saturated heterocycles. The quantitative estimate of drug-likeness (QED) is 0.784. The minimum Gasteiger partial charge on any atom is -0.447 e. The summed E-state index contributed by atoms with van der Waals surface area (Å²) in [6, 6.07) is 3.23. The third-order valence-electron chi connectivity index (χ3n) is 3.53. The molecule has 1 aliphatic heterocycles. The number of alkyl halides is 1. The summed E-state index contributed by atoms with van der Waals surface area (Å²) in [6.07, 6.45) is 4.85. The molecule has 0 radical (unpaired) electrons. The zero-order valence-electron chi connectivity index (χ0n) is 11.1. The summed E-state index contributed by atoms with van der Waals surface area (Å²) in [4.78, 5) is 0. The monoisotopic (exact) mass is 305 g/mol. The number of rotatable bonds is 5. The van der Waals surface area contributed by atoms with Crippen molar-refractivity contribution in [1.29, 1.82) is 0 Å². The molecule has 1 fully saturated rings. The molecule has 0 spiro atoms. The summed E-state index contributed by atoms with van der Waals surface area (Å²) in [5, 5.41) is 0.0196. The van der Waals surface area contributed by atoms with Crippen LogP contribution in [0.1, 0.15) is 44.8 Å². The highest BCUT2D eigenvalue weighted by Crippen LogP contribution is 2.28. The largest absolute Gasteiger partial charge is 0.447 e. The first-order valence-corrected chi connectivity index (χ1v) is 8.73. The van der Waals surface area contributed by atoms with Crippen molar-refractivity contribution in [3.05, 3.63) is 17.9 Å². The Kier molecular flexibility index (Phi) is 4.92. The summed E-state index contributed by atoms with van der Waals surface area (Å²) in [7, 11) is -3.51. The molecule has 6 heteroatoms. The van der Waals surface area contributed by atoms with E-state index in [0.29, 0.717) is 12.3 Å². The Morgan fingerprint density at radius 2 is 2.21 bits per heavy atom. The van der Waals surface area contributed by atoms with Crippen LogP contribution in [-0.2, 0) is 15.9 Å². The number of piperidine rings is 1. The van der Waals surface area contributed by atoms with Gasteiger partial charge in [0.25, 0.3) is 10.0 Å². The third kappa shape index (κ3) is 3.15. The molecule has 1 aliphatic rings. The second-order valence-electron chi connectivity index (χ2n) is 4.91. The summed E-state index contributed by atoms with van der Waals surface area (Å²) in [6.45, 7) is 2.67. The highest BCUT2D eigenvalue weighted by atomic mass is 35.5. The second kappa shape index (κ2) is 6.29. The fourth-order valence-corrected chi connectivity index (χ4v) is 4.40. The molecule has 0 amide bonds. The van der Waals surface area contributed by atoms with Crippen LogP contribution in [0.15, 0.2) is 21.6 Å². The first-order chi connectivity index (χ1) is 9.09. The van der Waals surface area contributed by atoms with E-state index in [0.717, 1.165) is 32.1 Å². The fraction of sp³-hybridized carbons (Fsp3) is 0.692. The van der Waals surface area contributed by atoms with Crippen LogP contribution >= 0.6 is 11.6 Å². The average molecular weight is 306 g/mol. The lowest BCUT2D eigenvalue weighted by atomic mass is 10.0. The normalized spacial score (nSPS) is 21.7. The van der Waals surface area contributed by atoms with Crippen LogP contribution in [0, 0.1) is 0 Å². The van der Waals surface area contributed by atoms with Crippen LogP contribution in [0.25, 0.3) is 0 Å². The maximum Gasteiger partial charge on any atom is 0.276 e. The van der Waals surface area contributed by atoms with E-state index < -0.39 is 10.0 Å². The molecule has 19 heavy (non-hydrogen) atoms. The zero-order chi connectivity index (χ0) is 13.9. The Morgan fingerprint density at radius 3 is 2.84 bits per heavy atom. The number of furan rings is 1. The van der Waals surface area contributed by atoms with E-state index in [9.17, 15) is 8.42 Å². The molecule has 1 aromatic rings. The van der Waals surface area contributed by atoms with Gasteiger partial charge in [-0.2, -0.15) is 4.31 Å². The minimum absolute atomic E-state index is 0.0196. The predicted octanol–water partition coefficient (Wildman–Crippen LogP) is 3.36. The van der Waals surface area contributed by atoms with Crippen LogP contribution in [0.2, 0.25) is 0 Å². The van der Waals surface area contributed by atoms with Crippen LogP contribution in [0.5, 0.6) is 0 Å². The first kappa shape index (κ1) is 14.9. The molecule has 1 unspecified atom stereocenters. The molecule has 0 aliphatic carbocycles. The van der Waals surface area contributed by atoms with E-state index in [1.165, 1.54) is 6.07 Å². The van der Waals surface area contributed by atoms with Crippen molar-refractivity contribution in [1.82, 2.24) is 4.31 Å². The van der Waals surface area contributed by atoms with Crippen LogP contribution in [-0.4, -0.2) is 25.3 Å². The van der Waals surface area contributed by atoms with Gasteiger partial charge in [0, 0.05) is 12.6 Å². The fourth-order valence-electron chi connectivity index (χ4n) is 2.60. The molecule has 0 N–H and O–H groups in total. The Bertz CT molecular complexity index is 510. The summed E-state index contributed by atoms with van der Waals surface area (Å²) < 4.78 is 32.1. The maximum atomic E-state index is 12.6. The number of halogens is 1. The average Bonchev–Trinajstić information content (AvgIpc) is 2.89. The molecule has 1 atom stereocenters. The lowest BCUT2D eigenvalue weighted by Crippen LogP contribution is -2.43. The maximum absolute atomic E-state index is 12.6. The topological polar surface area (TPSA) is 50.5 Å².